The van der Waals surface area contributed by atoms with Gasteiger partial charge in [-0.05, 0) is 42.5 Å². The molecule has 4 nitrogen and oxygen atoms in total. The number of benzene rings is 1. The molecular weight excluding hydrogens is 273 g/mol. The largest absolute Gasteiger partial charge is 0.481 e. The summed E-state index contributed by atoms with van der Waals surface area (Å²) in [6, 6.07) is 5.71. The van der Waals surface area contributed by atoms with Gasteiger partial charge >= 0.3 is 5.97 Å². The molecule has 1 N–H and O–H groups in total. The number of nitrogens with zero attached hydrogens (tertiary/aromatic N) is 1. The minimum absolute atomic E-state index is 0.0377. The molecule has 1 aromatic rings. The van der Waals surface area contributed by atoms with Gasteiger partial charge in [0.05, 0.1) is 6.42 Å². The first kappa shape index (κ1) is 15.5. The predicted octanol–water partition coefficient (Wildman–Crippen LogP) is 3.21. The zero-order valence-corrected chi connectivity index (χ0v) is 12.1. The van der Waals surface area contributed by atoms with Crippen LogP contribution in [0.1, 0.15) is 38.5 Å². The highest BCUT2D eigenvalue weighted by molar-refractivity contribution is 5.93. The Morgan fingerprint density at radius 1 is 1.19 bits per heavy atom. The van der Waals surface area contributed by atoms with Crippen molar-refractivity contribution < 1.29 is 19.1 Å². The maximum Gasteiger partial charge on any atom is 0.303 e. The Hall–Kier alpha value is -1.91. The Morgan fingerprint density at radius 2 is 1.76 bits per heavy atom. The van der Waals surface area contributed by atoms with Crippen LogP contribution in [-0.2, 0) is 9.59 Å². The molecule has 114 valence electrons. The van der Waals surface area contributed by atoms with Gasteiger partial charge < -0.3 is 10.0 Å². The first-order valence-corrected chi connectivity index (χ1v) is 7.16. The first-order chi connectivity index (χ1) is 9.92. The second-order valence-electron chi connectivity index (χ2n) is 5.88. The molecule has 1 aliphatic carbocycles. The number of carbonyl (C=O) groups excluding carboxylic acids is 1. The lowest BCUT2D eigenvalue weighted by Gasteiger charge is -2.29. The lowest BCUT2D eigenvalue weighted by atomic mass is 9.79. The molecule has 1 amide bonds. The van der Waals surface area contributed by atoms with Gasteiger partial charge in [0.15, 0.2) is 0 Å². The molecule has 2 rings (SSSR count). The number of carboxylic acid groups (broad SMARTS) is 1. The van der Waals surface area contributed by atoms with Crippen LogP contribution in [0.3, 0.4) is 0 Å². The number of carboxylic acids is 1. The molecule has 0 unspecified atom stereocenters. The SMILES string of the molecule is CN(C(=O)CC1(CC(=O)O)CCCC1)c1ccc(F)cc1. The summed E-state index contributed by atoms with van der Waals surface area (Å²) in [7, 11) is 1.64. The van der Waals surface area contributed by atoms with Crippen LogP contribution >= 0.6 is 0 Å². The average molecular weight is 293 g/mol. The number of anilines is 1. The fourth-order valence-corrected chi connectivity index (χ4v) is 3.11. The van der Waals surface area contributed by atoms with Gasteiger partial charge in [-0.2, -0.15) is 0 Å². The van der Waals surface area contributed by atoms with Gasteiger partial charge in [-0.15, -0.1) is 0 Å². The molecule has 0 atom stereocenters. The van der Waals surface area contributed by atoms with Gasteiger partial charge in [0.25, 0.3) is 0 Å². The molecule has 0 saturated heterocycles. The Morgan fingerprint density at radius 3 is 2.29 bits per heavy atom. The average Bonchev–Trinajstić information content (AvgIpc) is 2.86. The van der Waals surface area contributed by atoms with E-state index in [0.717, 1.165) is 25.7 Å². The highest BCUT2D eigenvalue weighted by Gasteiger charge is 2.38. The monoisotopic (exact) mass is 293 g/mol. The van der Waals surface area contributed by atoms with Crippen LogP contribution in [0.2, 0.25) is 0 Å². The van der Waals surface area contributed by atoms with E-state index < -0.39 is 11.4 Å². The van der Waals surface area contributed by atoms with Crippen molar-refractivity contribution in [2.75, 3.05) is 11.9 Å². The number of halogens is 1. The van der Waals surface area contributed by atoms with E-state index in [9.17, 15) is 14.0 Å². The molecule has 0 radical (unpaired) electrons. The molecule has 0 heterocycles. The van der Waals surface area contributed by atoms with E-state index in [0.29, 0.717) is 5.69 Å². The third-order valence-corrected chi connectivity index (χ3v) is 4.30. The van der Waals surface area contributed by atoms with Crippen molar-refractivity contribution in [3.63, 3.8) is 0 Å². The quantitative estimate of drug-likeness (QED) is 0.907. The fraction of sp³-hybridized carbons (Fsp3) is 0.500. The summed E-state index contributed by atoms with van der Waals surface area (Å²) in [6.07, 6.45) is 3.77. The third kappa shape index (κ3) is 3.80. The summed E-state index contributed by atoms with van der Waals surface area (Å²) >= 11 is 0. The van der Waals surface area contributed by atoms with Crippen molar-refractivity contribution >= 4 is 17.6 Å². The summed E-state index contributed by atoms with van der Waals surface area (Å²) < 4.78 is 12.9. The van der Waals surface area contributed by atoms with Crippen molar-refractivity contribution in [3.05, 3.63) is 30.1 Å². The van der Waals surface area contributed by atoms with Crippen LogP contribution in [-0.4, -0.2) is 24.0 Å². The Kier molecular flexibility index (Phi) is 4.60. The van der Waals surface area contributed by atoms with Crippen LogP contribution in [0.25, 0.3) is 0 Å². The molecule has 0 spiro atoms. The number of hydrogen-bond acceptors (Lipinski definition) is 2. The topological polar surface area (TPSA) is 57.6 Å². The normalized spacial score (nSPS) is 16.7. The maximum absolute atomic E-state index is 12.9. The Bertz CT molecular complexity index is 521. The van der Waals surface area contributed by atoms with Crippen LogP contribution in [0.4, 0.5) is 10.1 Å². The number of amides is 1. The summed E-state index contributed by atoms with van der Waals surface area (Å²) in [4.78, 5) is 24.9. The van der Waals surface area contributed by atoms with E-state index in [1.165, 1.54) is 17.0 Å². The van der Waals surface area contributed by atoms with Crippen molar-refractivity contribution in [3.8, 4) is 0 Å². The summed E-state index contributed by atoms with van der Waals surface area (Å²) in [5, 5.41) is 9.07. The Balaban J connectivity index is 2.08. The van der Waals surface area contributed by atoms with Gasteiger partial charge in [-0.25, -0.2) is 4.39 Å². The van der Waals surface area contributed by atoms with E-state index in [1.54, 1.807) is 19.2 Å². The molecule has 1 saturated carbocycles. The van der Waals surface area contributed by atoms with Gasteiger partial charge in [0.1, 0.15) is 5.82 Å². The number of carbonyl (C=O) groups is 2. The van der Waals surface area contributed by atoms with Gasteiger partial charge in [0.2, 0.25) is 5.91 Å². The fourth-order valence-electron chi connectivity index (χ4n) is 3.11. The summed E-state index contributed by atoms with van der Waals surface area (Å²) in [5.74, 6) is -1.32. The molecule has 1 aromatic carbocycles. The van der Waals surface area contributed by atoms with Gasteiger partial charge in [0, 0.05) is 19.2 Å². The van der Waals surface area contributed by atoms with Crippen LogP contribution < -0.4 is 4.90 Å². The van der Waals surface area contributed by atoms with Crippen molar-refractivity contribution in [1.82, 2.24) is 0 Å². The lowest BCUT2D eigenvalue weighted by molar-refractivity contribution is -0.140. The van der Waals surface area contributed by atoms with Crippen LogP contribution in [0, 0.1) is 11.2 Å². The van der Waals surface area contributed by atoms with Gasteiger partial charge in [-0.3, -0.25) is 9.59 Å². The smallest absolute Gasteiger partial charge is 0.303 e. The van der Waals surface area contributed by atoms with Gasteiger partial charge in [-0.1, -0.05) is 12.8 Å². The van der Waals surface area contributed by atoms with Crippen LogP contribution in [0.5, 0.6) is 0 Å². The third-order valence-electron chi connectivity index (χ3n) is 4.30. The number of hydrogen-bond donors (Lipinski definition) is 1. The lowest BCUT2D eigenvalue weighted by Crippen LogP contribution is -2.33. The molecule has 0 bridgehead atoms. The first-order valence-electron chi connectivity index (χ1n) is 7.16. The van der Waals surface area contributed by atoms with Crippen molar-refractivity contribution in [2.24, 2.45) is 5.41 Å². The zero-order chi connectivity index (χ0) is 15.5. The van der Waals surface area contributed by atoms with E-state index in [4.69, 9.17) is 5.11 Å². The van der Waals surface area contributed by atoms with Crippen molar-refractivity contribution in [1.29, 1.82) is 0 Å². The number of rotatable bonds is 5. The minimum atomic E-state index is -0.853. The zero-order valence-electron chi connectivity index (χ0n) is 12.1. The van der Waals surface area contributed by atoms with E-state index >= 15 is 0 Å². The maximum atomic E-state index is 12.9. The summed E-state index contributed by atoms with van der Waals surface area (Å²) in [5.41, 5.74) is 0.196. The van der Waals surface area contributed by atoms with E-state index in [2.05, 4.69) is 0 Å². The second kappa shape index (κ2) is 6.24. The standard InChI is InChI=1S/C16H20FNO3/c1-18(13-6-4-12(17)5-7-13)14(19)10-16(11-15(20)21)8-2-3-9-16/h4-7H,2-3,8-11H2,1H3,(H,20,21). The summed E-state index contributed by atoms with van der Waals surface area (Å²) in [6.45, 7) is 0. The molecule has 0 aromatic heterocycles. The number of aliphatic carboxylic acids is 1. The molecule has 21 heavy (non-hydrogen) atoms. The molecule has 0 aliphatic heterocycles. The van der Waals surface area contributed by atoms with Crippen LogP contribution in [0.15, 0.2) is 24.3 Å². The second-order valence-corrected chi connectivity index (χ2v) is 5.88. The minimum Gasteiger partial charge on any atom is -0.481 e. The molecule has 1 fully saturated rings. The highest BCUT2D eigenvalue weighted by atomic mass is 19.1. The molecule has 5 heteroatoms. The molecular formula is C16H20FNO3. The van der Waals surface area contributed by atoms with E-state index in [-0.39, 0.29) is 24.6 Å². The highest BCUT2D eigenvalue weighted by Crippen LogP contribution is 2.44. The van der Waals surface area contributed by atoms with E-state index in [1.807, 2.05) is 0 Å². The van der Waals surface area contributed by atoms with Crippen molar-refractivity contribution in [2.45, 2.75) is 38.5 Å². The molecule has 1 aliphatic rings. The Labute approximate surface area is 123 Å². The predicted molar refractivity (Wildman–Crippen MR) is 77.6 cm³/mol.